The van der Waals surface area contributed by atoms with E-state index in [1.54, 1.807) is 0 Å². The quantitative estimate of drug-likeness (QED) is 0.374. The van der Waals surface area contributed by atoms with Crippen molar-refractivity contribution in [1.29, 1.82) is 0 Å². The average molecular weight is 213 g/mol. The first kappa shape index (κ1) is 116. The van der Waals surface area contributed by atoms with Crippen LogP contribution in [-0.4, -0.2) is 0 Å². The molecule has 6 heteroatoms. The molecule has 0 saturated heterocycles. The minimum absolute atomic E-state index is 0. The standard InChI is InChI=1S/6ClH/h6*1H/p-6. The Labute approximate surface area is 74.3 Å². The molecule has 48 valence electrons. The lowest BCUT2D eigenvalue weighted by atomic mass is 35.5. The Morgan fingerprint density at radius 2 is 0.167 bits per heavy atom. The molecule has 0 spiro atoms. The highest BCUT2D eigenvalue weighted by Gasteiger charge is -0.995. The fraction of sp³-hybridized carbons (Fsp3) is 0. The van der Waals surface area contributed by atoms with Gasteiger partial charge in [-0.05, 0) is 0 Å². The molecule has 0 aliphatic carbocycles. The van der Waals surface area contributed by atoms with Crippen LogP contribution in [0.1, 0.15) is 0 Å². The van der Waals surface area contributed by atoms with E-state index in [4.69, 9.17) is 0 Å². The van der Waals surface area contributed by atoms with Crippen molar-refractivity contribution in [1.82, 2.24) is 0 Å². The van der Waals surface area contributed by atoms with Crippen LogP contribution in [0.25, 0.3) is 0 Å². The van der Waals surface area contributed by atoms with Crippen molar-refractivity contribution in [3.63, 3.8) is 0 Å². The molecule has 0 aliphatic rings. The smallest absolute Gasteiger partial charge is 1.00 e. The second kappa shape index (κ2) is 73.3. The summed E-state index contributed by atoms with van der Waals surface area (Å²) in [7, 11) is 0. The van der Waals surface area contributed by atoms with Crippen LogP contribution in [-0.2, 0) is 0 Å². The minimum Gasteiger partial charge on any atom is -1.00 e. The van der Waals surface area contributed by atoms with Crippen molar-refractivity contribution < 1.29 is 74.4 Å². The maximum absolute atomic E-state index is 0. The maximum Gasteiger partial charge on any atom is -1.00 e. The van der Waals surface area contributed by atoms with Gasteiger partial charge in [-0.1, -0.05) is 0 Å². The Morgan fingerprint density at radius 1 is 0.167 bits per heavy atom. The number of rotatable bonds is 0. The van der Waals surface area contributed by atoms with E-state index in [1.807, 2.05) is 0 Å². The summed E-state index contributed by atoms with van der Waals surface area (Å²) in [5, 5.41) is 0. The van der Waals surface area contributed by atoms with Gasteiger partial charge in [-0.3, -0.25) is 0 Å². The summed E-state index contributed by atoms with van der Waals surface area (Å²) in [6, 6.07) is 0. The number of hydrogen-bond donors (Lipinski definition) is 0. The minimum atomic E-state index is 0. The molecule has 0 atom stereocenters. The third-order valence-corrected chi connectivity index (χ3v) is 0. The first-order chi connectivity index (χ1) is 0. The van der Waals surface area contributed by atoms with Crippen molar-refractivity contribution in [2.75, 3.05) is 0 Å². The molecule has 0 unspecified atom stereocenters. The van der Waals surface area contributed by atoms with Crippen molar-refractivity contribution in [3.8, 4) is 0 Å². The van der Waals surface area contributed by atoms with Crippen molar-refractivity contribution in [2.45, 2.75) is 0 Å². The normalized spacial score (nSPS) is 0. The molecular weight excluding hydrogens is 213 g/mol. The van der Waals surface area contributed by atoms with Gasteiger partial charge in [0.1, 0.15) is 0 Å². The lowest BCUT2D eigenvalue weighted by molar-refractivity contribution is -0.00100. The highest BCUT2D eigenvalue weighted by atomic mass is 35.5. The third-order valence-electron chi connectivity index (χ3n) is 0. The summed E-state index contributed by atoms with van der Waals surface area (Å²) in [5.41, 5.74) is 0. The molecule has 6 heavy (non-hydrogen) atoms. The molecule has 0 heterocycles. The average Bonchev–Trinajstić information content (AvgIpc) is 0. The van der Waals surface area contributed by atoms with E-state index in [9.17, 15) is 0 Å². The largest absolute Gasteiger partial charge is 1.00 e. The van der Waals surface area contributed by atoms with Gasteiger partial charge in [0.15, 0.2) is 0 Å². The van der Waals surface area contributed by atoms with Crippen LogP contribution in [0.2, 0.25) is 0 Å². The van der Waals surface area contributed by atoms with Crippen molar-refractivity contribution >= 4 is 0 Å². The number of halogens is 6. The SMILES string of the molecule is [Cl-].[Cl-].[Cl-].[Cl-].[Cl-].[Cl-]. The van der Waals surface area contributed by atoms with Gasteiger partial charge in [0.05, 0.1) is 0 Å². The van der Waals surface area contributed by atoms with Crippen molar-refractivity contribution in [3.05, 3.63) is 0 Å². The van der Waals surface area contributed by atoms with E-state index < -0.39 is 0 Å². The fourth-order valence-corrected chi connectivity index (χ4v) is 0. The summed E-state index contributed by atoms with van der Waals surface area (Å²) in [5.74, 6) is 0. The van der Waals surface area contributed by atoms with E-state index in [2.05, 4.69) is 0 Å². The highest BCUT2D eigenvalue weighted by molar-refractivity contribution is 0.00500. The second-order valence-electron chi connectivity index (χ2n) is 0. The third kappa shape index (κ3) is 42.6. The molecule has 0 rings (SSSR count). The molecule has 0 N–H and O–H groups in total. The molecule has 0 fully saturated rings. The van der Waals surface area contributed by atoms with Crippen LogP contribution in [0.4, 0.5) is 0 Å². The van der Waals surface area contributed by atoms with E-state index in [0.29, 0.717) is 0 Å². The Kier molecular flexibility index (Phi) is 1420. The van der Waals surface area contributed by atoms with Crippen LogP contribution in [0.5, 0.6) is 0 Å². The Hall–Kier alpha value is 1.74. The molecular formula is Cl6-6. The summed E-state index contributed by atoms with van der Waals surface area (Å²) >= 11 is 0. The van der Waals surface area contributed by atoms with Crippen LogP contribution in [0.15, 0.2) is 0 Å². The van der Waals surface area contributed by atoms with Crippen LogP contribution in [0, 0.1) is 0 Å². The van der Waals surface area contributed by atoms with Gasteiger partial charge in [0.25, 0.3) is 0 Å². The van der Waals surface area contributed by atoms with Gasteiger partial charge in [-0.25, -0.2) is 0 Å². The summed E-state index contributed by atoms with van der Waals surface area (Å²) < 4.78 is 0. The molecule has 0 amide bonds. The van der Waals surface area contributed by atoms with Gasteiger partial charge in [0.2, 0.25) is 0 Å². The van der Waals surface area contributed by atoms with Gasteiger partial charge in [-0.2, -0.15) is 0 Å². The van der Waals surface area contributed by atoms with E-state index >= 15 is 0 Å². The van der Waals surface area contributed by atoms with Crippen LogP contribution < -0.4 is 74.4 Å². The maximum atomic E-state index is 0. The fourth-order valence-electron chi connectivity index (χ4n) is 0. The van der Waals surface area contributed by atoms with E-state index in [0.717, 1.165) is 0 Å². The molecule has 0 aromatic carbocycles. The predicted octanol–water partition coefficient (Wildman–Crippen LogP) is -18.0. The first-order valence-electron chi connectivity index (χ1n) is 0. The molecule has 0 aromatic rings. The molecule has 0 aliphatic heterocycles. The Balaban J connectivity index is 0. The molecule has 0 bridgehead atoms. The molecule has 0 radical (unpaired) electrons. The zero-order chi connectivity index (χ0) is 0. The zero-order valence-electron chi connectivity index (χ0n) is 2.27. The second-order valence-corrected chi connectivity index (χ2v) is 0. The Bertz CT molecular complexity index is 0. The zero-order valence-corrected chi connectivity index (χ0v) is 6.80. The highest BCUT2D eigenvalue weighted by Crippen LogP contribution is -2.99. The van der Waals surface area contributed by atoms with E-state index in [-0.39, 0.29) is 74.4 Å². The summed E-state index contributed by atoms with van der Waals surface area (Å²) in [6.07, 6.45) is 0. The van der Waals surface area contributed by atoms with Gasteiger partial charge >= 0.3 is 0 Å². The molecule has 0 saturated carbocycles. The molecule has 0 aromatic heterocycles. The van der Waals surface area contributed by atoms with Gasteiger partial charge in [0, 0.05) is 0 Å². The van der Waals surface area contributed by atoms with Crippen LogP contribution in [0.3, 0.4) is 0 Å². The van der Waals surface area contributed by atoms with E-state index in [1.165, 1.54) is 0 Å². The molecule has 0 nitrogen and oxygen atoms in total. The van der Waals surface area contributed by atoms with Gasteiger partial charge < -0.3 is 74.4 Å². The van der Waals surface area contributed by atoms with Crippen molar-refractivity contribution in [2.24, 2.45) is 0 Å². The summed E-state index contributed by atoms with van der Waals surface area (Å²) in [6.45, 7) is 0. The lowest BCUT2D eigenvalue weighted by Crippen LogP contribution is -3.00. The summed E-state index contributed by atoms with van der Waals surface area (Å²) in [4.78, 5) is 0. The number of hydrogen-bond acceptors (Lipinski definition) is 0. The predicted molar refractivity (Wildman–Crippen MR) is 0 cm³/mol. The van der Waals surface area contributed by atoms with Crippen LogP contribution >= 0.6 is 0 Å². The monoisotopic (exact) mass is 210 g/mol. The lowest BCUT2D eigenvalue weighted by Gasteiger charge is -1.00. The topological polar surface area (TPSA) is 0 Å². The van der Waals surface area contributed by atoms with Gasteiger partial charge in [-0.15, -0.1) is 0 Å². The Morgan fingerprint density at radius 3 is 0.167 bits per heavy atom. The first-order valence-corrected chi connectivity index (χ1v) is 0.